The minimum atomic E-state index is -0.481. The highest BCUT2D eigenvalue weighted by Gasteiger charge is 2.41. The molecule has 3 nitrogen and oxygen atoms in total. The Morgan fingerprint density at radius 2 is 2.08 bits per heavy atom. The predicted octanol–water partition coefficient (Wildman–Crippen LogP) is 4.77. The van der Waals surface area contributed by atoms with E-state index in [-0.39, 0.29) is 24.0 Å². The van der Waals surface area contributed by atoms with Gasteiger partial charge >= 0.3 is 6.09 Å². The standard InChI is InChI=1S/C20H26FNO2/c1-13-6-5-7-15(18(13)21)10-14-11-16-8-9-17(12-14)22(16)19(23)24-20(2,3)4/h5-7,11,16-17H,8-10,12H2,1-4H3. The van der Waals surface area contributed by atoms with E-state index in [1.807, 2.05) is 37.8 Å². The van der Waals surface area contributed by atoms with Crippen molar-refractivity contribution in [2.24, 2.45) is 0 Å². The molecule has 0 aliphatic carbocycles. The van der Waals surface area contributed by atoms with E-state index in [1.54, 1.807) is 13.0 Å². The molecule has 1 fully saturated rings. The third-order valence-corrected chi connectivity index (χ3v) is 4.77. The molecule has 24 heavy (non-hydrogen) atoms. The van der Waals surface area contributed by atoms with Crippen LogP contribution < -0.4 is 0 Å². The number of amides is 1. The third-order valence-electron chi connectivity index (χ3n) is 4.77. The van der Waals surface area contributed by atoms with Gasteiger partial charge in [-0.3, -0.25) is 4.90 Å². The van der Waals surface area contributed by atoms with Crippen molar-refractivity contribution in [3.05, 3.63) is 46.8 Å². The lowest BCUT2D eigenvalue weighted by molar-refractivity contribution is 0.0166. The molecule has 0 aromatic heterocycles. The monoisotopic (exact) mass is 331 g/mol. The zero-order valence-corrected chi connectivity index (χ0v) is 14.9. The van der Waals surface area contributed by atoms with Crippen LogP contribution in [0.5, 0.6) is 0 Å². The number of rotatable bonds is 2. The molecule has 2 unspecified atom stereocenters. The number of hydrogen-bond acceptors (Lipinski definition) is 2. The first-order valence-corrected chi connectivity index (χ1v) is 8.69. The third kappa shape index (κ3) is 3.47. The summed E-state index contributed by atoms with van der Waals surface area (Å²) in [5.41, 5.74) is 2.17. The molecule has 1 saturated heterocycles. The smallest absolute Gasteiger partial charge is 0.411 e. The zero-order valence-electron chi connectivity index (χ0n) is 14.9. The molecule has 2 aliphatic heterocycles. The van der Waals surface area contributed by atoms with Gasteiger partial charge in [0.05, 0.1) is 6.04 Å². The van der Waals surface area contributed by atoms with Gasteiger partial charge in [-0.25, -0.2) is 9.18 Å². The molecule has 2 bridgehead atoms. The van der Waals surface area contributed by atoms with Gasteiger partial charge in [0.25, 0.3) is 0 Å². The summed E-state index contributed by atoms with van der Waals surface area (Å²) in [6.07, 6.45) is 5.30. The SMILES string of the molecule is Cc1cccc(CC2=CC3CCC(C2)N3C(=O)OC(C)(C)C)c1F. The molecule has 1 aromatic carbocycles. The van der Waals surface area contributed by atoms with Crippen LogP contribution in [0.15, 0.2) is 29.8 Å². The second-order valence-corrected chi connectivity index (χ2v) is 7.94. The first kappa shape index (κ1) is 17.0. The fourth-order valence-corrected chi connectivity index (χ4v) is 3.74. The summed E-state index contributed by atoms with van der Waals surface area (Å²) in [5, 5.41) is 0. The highest BCUT2D eigenvalue weighted by atomic mass is 19.1. The minimum absolute atomic E-state index is 0.0847. The van der Waals surface area contributed by atoms with Gasteiger partial charge in [-0.05, 0) is 64.5 Å². The van der Waals surface area contributed by atoms with Gasteiger partial charge in [-0.2, -0.15) is 0 Å². The number of ether oxygens (including phenoxy) is 1. The van der Waals surface area contributed by atoms with Gasteiger partial charge in [-0.1, -0.05) is 29.8 Å². The Kier molecular flexibility index (Phi) is 4.41. The predicted molar refractivity (Wildman–Crippen MR) is 92.4 cm³/mol. The van der Waals surface area contributed by atoms with Crippen LogP contribution in [0.1, 0.15) is 51.2 Å². The zero-order chi connectivity index (χ0) is 17.5. The first-order chi connectivity index (χ1) is 11.2. The quantitative estimate of drug-likeness (QED) is 0.730. The lowest BCUT2D eigenvalue weighted by Gasteiger charge is -2.35. The molecule has 4 heteroatoms. The number of benzene rings is 1. The van der Waals surface area contributed by atoms with Crippen LogP contribution in [0.3, 0.4) is 0 Å². The summed E-state index contributed by atoms with van der Waals surface area (Å²) in [6.45, 7) is 7.46. The largest absolute Gasteiger partial charge is 0.444 e. The molecule has 0 radical (unpaired) electrons. The van der Waals surface area contributed by atoms with Crippen molar-refractivity contribution in [1.82, 2.24) is 4.90 Å². The Morgan fingerprint density at radius 1 is 1.33 bits per heavy atom. The lowest BCUT2D eigenvalue weighted by Crippen LogP contribution is -2.45. The number of nitrogens with zero attached hydrogens (tertiary/aromatic N) is 1. The van der Waals surface area contributed by atoms with Gasteiger partial charge < -0.3 is 4.74 Å². The van der Waals surface area contributed by atoms with Gasteiger partial charge in [-0.15, -0.1) is 0 Å². The average Bonchev–Trinajstić information content (AvgIpc) is 2.74. The second kappa shape index (κ2) is 6.23. The highest BCUT2D eigenvalue weighted by Crippen LogP contribution is 2.37. The van der Waals surface area contributed by atoms with Crippen LogP contribution in [0.2, 0.25) is 0 Å². The van der Waals surface area contributed by atoms with Crippen LogP contribution in [-0.2, 0) is 11.2 Å². The molecular formula is C20H26FNO2. The summed E-state index contributed by atoms with van der Waals surface area (Å²) in [7, 11) is 0. The summed E-state index contributed by atoms with van der Waals surface area (Å²) in [4.78, 5) is 14.3. The first-order valence-electron chi connectivity index (χ1n) is 8.69. The molecule has 2 heterocycles. The van der Waals surface area contributed by atoms with Crippen LogP contribution in [0.4, 0.5) is 9.18 Å². The van der Waals surface area contributed by atoms with Crippen molar-refractivity contribution in [3.8, 4) is 0 Å². The highest BCUT2D eigenvalue weighted by molar-refractivity contribution is 5.70. The van der Waals surface area contributed by atoms with Crippen molar-refractivity contribution in [1.29, 1.82) is 0 Å². The maximum Gasteiger partial charge on any atom is 0.411 e. The molecule has 0 saturated carbocycles. The van der Waals surface area contributed by atoms with Gasteiger partial charge in [0.15, 0.2) is 0 Å². The minimum Gasteiger partial charge on any atom is -0.444 e. The van der Waals surface area contributed by atoms with E-state index in [0.29, 0.717) is 12.0 Å². The Morgan fingerprint density at radius 3 is 2.75 bits per heavy atom. The van der Waals surface area contributed by atoms with Crippen molar-refractivity contribution in [2.75, 3.05) is 0 Å². The van der Waals surface area contributed by atoms with Crippen LogP contribution in [-0.4, -0.2) is 28.7 Å². The fraction of sp³-hybridized carbons (Fsp3) is 0.550. The van der Waals surface area contributed by atoms with Crippen LogP contribution >= 0.6 is 0 Å². The number of fused-ring (bicyclic) bond motifs is 2. The molecule has 3 rings (SSSR count). The molecule has 130 valence electrons. The summed E-state index contributed by atoms with van der Waals surface area (Å²) in [6, 6.07) is 5.81. The van der Waals surface area contributed by atoms with E-state index in [0.717, 1.165) is 24.8 Å². The number of halogens is 1. The lowest BCUT2D eigenvalue weighted by atomic mass is 9.94. The maximum absolute atomic E-state index is 14.2. The van der Waals surface area contributed by atoms with Crippen molar-refractivity contribution in [2.45, 2.75) is 71.1 Å². The van der Waals surface area contributed by atoms with E-state index >= 15 is 0 Å². The molecule has 1 amide bonds. The average molecular weight is 331 g/mol. The molecular weight excluding hydrogens is 305 g/mol. The van der Waals surface area contributed by atoms with Gasteiger partial charge in [0.2, 0.25) is 0 Å². The van der Waals surface area contributed by atoms with Crippen molar-refractivity contribution < 1.29 is 13.9 Å². The second-order valence-electron chi connectivity index (χ2n) is 7.94. The molecule has 2 aliphatic rings. The van der Waals surface area contributed by atoms with Crippen LogP contribution in [0.25, 0.3) is 0 Å². The van der Waals surface area contributed by atoms with E-state index in [1.165, 1.54) is 5.57 Å². The van der Waals surface area contributed by atoms with Crippen molar-refractivity contribution >= 4 is 6.09 Å². The van der Waals surface area contributed by atoms with E-state index in [4.69, 9.17) is 4.74 Å². The number of hydrogen-bond donors (Lipinski definition) is 0. The Bertz CT molecular complexity index is 675. The van der Waals surface area contributed by atoms with E-state index < -0.39 is 5.60 Å². The fourth-order valence-electron chi connectivity index (χ4n) is 3.74. The number of carbonyl (C=O) groups excluding carboxylic acids is 1. The maximum atomic E-state index is 14.2. The van der Waals surface area contributed by atoms with Gasteiger partial charge in [0.1, 0.15) is 11.4 Å². The normalized spacial score (nSPS) is 23.2. The summed E-state index contributed by atoms with van der Waals surface area (Å²) < 4.78 is 19.8. The molecule has 0 spiro atoms. The summed E-state index contributed by atoms with van der Waals surface area (Å²) in [5.74, 6) is -0.111. The molecule has 1 aromatic rings. The van der Waals surface area contributed by atoms with Gasteiger partial charge in [0, 0.05) is 6.04 Å². The topological polar surface area (TPSA) is 29.5 Å². The Labute approximate surface area is 143 Å². The number of aryl methyl sites for hydroxylation is 1. The van der Waals surface area contributed by atoms with Crippen LogP contribution in [0, 0.1) is 12.7 Å². The molecule has 2 atom stereocenters. The summed E-state index contributed by atoms with van der Waals surface area (Å²) >= 11 is 0. The van der Waals surface area contributed by atoms with Crippen molar-refractivity contribution in [3.63, 3.8) is 0 Å². The van der Waals surface area contributed by atoms with E-state index in [9.17, 15) is 9.18 Å². The van der Waals surface area contributed by atoms with E-state index in [2.05, 4.69) is 6.08 Å². The Hall–Kier alpha value is -1.84. The number of carbonyl (C=O) groups is 1. The Balaban J connectivity index is 1.75. The molecule has 0 N–H and O–H groups in total.